The summed E-state index contributed by atoms with van der Waals surface area (Å²) in [5, 5.41) is 2.85. The highest BCUT2D eigenvalue weighted by atomic mass is 19.1. The van der Waals surface area contributed by atoms with Gasteiger partial charge in [-0.15, -0.1) is 0 Å². The molecule has 1 atom stereocenters. The maximum atomic E-state index is 13.2. The van der Waals surface area contributed by atoms with Crippen LogP contribution >= 0.6 is 0 Å². The van der Waals surface area contributed by atoms with E-state index in [1.165, 1.54) is 29.2 Å². The molecular weight excluding hydrogens is 362 g/mol. The van der Waals surface area contributed by atoms with Gasteiger partial charge in [0.1, 0.15) is 17.7 Å². The molecule has 0 saturated carbocycles. The summed E-state index contributed by atoms with van der Waals surface area (Å²) in [6.07, 6.45) is 0.488. The molecule has 2 amide bonds. The van der Waals surface area contributed by atoms with Crippen LogP contribution in [0.2, 0.25) is 0 Å². The minimum Gasteiger partial charge on any atom is -0.352 e. The van der Waals surface area contributed by atoms with Crippen LogP contribution in [0.15, 0.2) is 48.5 Å². The highest BCUT2D eigenvalue weighted by Gasteiger charge is 2.29. The Morgan fingerprint density at radius 2 is 1.43 bits per heavy atom. The van der Waals surface area contributed by atoms with Gasteiger partial charge in [-0.1, -0.05) is 31.2 Å². The fourth-order valence-corrected chi connectivity index (χ4v) is 2.97. The molecule has 150 valence electrons. The molecule has 28 heavy (non-hydrogen) atoms. The number of nitrogens with zero attached hydrogens (tertiary/aromatic N) is 1. The first kappa shape index (κ1) is 21.5. The SMILES string of the molecule is CC[C@@H](C(=O)NC(C)C)N(Cc1ccc(F)cc1)C(=O)Cc1ccc(F)cc1. The molecule has 0 heterocycles. The molecule has 0 radical (unpaired) electrons. The van der Waals surface area contributed by atoms with E-state index in [4.69, 9.17) is 0 Å². The minimum atomic E-state index is -0.652. The molecule has 0 unspecified atom stereocenters. The van der Waals surface area contributed by atoms with E-state index in [1.54, 1.807) is 24.3 Å². The van der Waals surface area contributed by atoms with Crippen molar-refractivity contribution in [2.75, 3.05) is 0 Å². The second-order valence-corrected chi connectivity index (χ2v) is 7.04. The summed E-state index contributed by atoms with van der Waals surface area (Å²) >= 11 is 0. The zero-order valence-corrected chi connectivity index (χ0v) is 16.4. The quantitative estimate of drug-likeness (QED) is 0.747. The standard InChI is InChI=1S/C22H26F2N2O2/c1-4-20(22(28)25-15(2)3)26(14-17-7-11-19(24)12-8-17)21(27)13-16-5-9-18(23)10-6-16/h5-12,15,20H,4,13-14H2,1-3H3,(H,25,28)/t20-/m0/s1. The molecule has 0 fully saturated rings. The topological polar surface area (TPSA) is 49.4 Å². The molecule has 0 aliphatic carbocycles. The van der Waals surface area contributed by atoms with Gasteiger partial charge in [-0.25, -0.2) is 8.78 Å². The first-order valence-electron chi connectivity index (χ1n) is 9.39. The lowest BCUT2D eigenvalue weighted by Gasteiger charge is -2.31. The van der Waals surface area contributed by atoms with E-state index in [2.05, 4.69) is 5.32 Å². The number of hydrogen-bond donors (Lipinski definition) is 1. The lowest BCUT2D eigenvalue weighted by atomic mass is 10.1. The largest absolute Gasteiger partial charge is 0.352 e. The van der Waals surface area contributed by atoms with Crippen molar-refractivity contribution < 1.29 is 18.4 Å². The van der Waals surface area contributed by atoms with E-state index in [0.717, 1.165) is 5.56 Å². The van der Waals surface area contributed by atoms with Crippen molar-refractivity contribution in [3.8, 4) is 0 Å². The number of halogens is 2. The summed E-state index contributed by atoms with van der Waals surface area (Å²) in [5.74, 6) is -1.21. The van der Waals surface area contributed by atoms with E-state index in [1.807, 2.05) is 20.8 Å². The Balaban J connectivity index is 2.27. The van der Waals surface area contributed by atoms with Crippen molar-refractivity contribution >= 4 is 11.8 Å². The Kier molecular flexibility index (Phi) is 7.67. The molecule has 0 aromatic heterocycles. The predicted octanol–water partition coefficient (Wildman–Crippen LogP) is 3.84. The third-order valence-corrected chi connectivity index (χ3v) is 4.35. The Hall–Kier alpha value is -2.76. The van der Waals surface area contributed by atoms with Crippen molar-refractivity contribution in [2.24, 2.45) is 0 Å². The van der Waals surface area contributed by atoms with Gasteiger partial charge in [0.05, 0.1) is 6.42 Å². The number of hydrogen-bond acceptors (Lipinski definition) is 2. The van der Waals surface area contributed by atoms with Gasteiger partial charge in [0.25, 0.3) is 0 Å². The molecule has 2 aromatic carbocycles. The van der Waals surface area contributed by atoms with Crippen LogP contribution < -0.4 is 5.32 Å². The predicted molar refractivity (Wildman–Crippen MR) is 104 cm³/mol. The van der Waals surface area contributed by atoms with Crippen LogP contribution in [0.3, 0.4) is 0 Å². The van der Waals surface area contributed by atoms with Gasteiger partial charge in [0.15, 0.2) is 0 Å². The molecule has 0 aliphatic heterocycles. The lowest BCUT2D eigenvalue weighted by molar-refractivity contribution is -0.141. The molecule has 0 bridgehead atoms. The molecule has 0 saturated heterocycles. The van der Waals surface area contributed by atoms with Gasteiger partial charge >= 0.3 is 0 Å². The molecule has 6 heteroatoms. The minimum absolute atomic E-state index is 0.0485. The fourth-order valence-electron chi connectivity index (χ4n) is 2.97. The fraction of sp³-hybridized carbons (Fsp3) is 0.364. The smallest absolute Gasteiger partial charge is 0.243 e. The average Bonchev–Trinajstić information content (AvgIpc) is 2.64. The second-order valence-electron chi connectivity index (χ2n) is 7.04. The van der Waals surface area contributed by atoms with Gasteiger partial charge in [-0.05, 0) is 55.7 Å². The van der Waals surface area contributed by atoms with Gasteiger partial charge in [-0.2, -0.15) is 0 Å². The third kappa shape index (κ3) is 6.15. The molecule has 0 aliphatic rings. The van der Waals surface area contributed by atoms with Gasteiger partial charge in [-0.3, -0.25) is 9.59 Å². The Morgan fingerprint density at radius 1 is 0.929 bits per heavy atom. The average molecular weight is 388 g/mol. The van der Waals surface area contributed by atoms with Gasteiger partial charge in [0, 0.05) is 12.6 Å². The first-order chi connectivity index (χ1) is 13.3. The number of carbonyl (C=O) groups excluding carboxylic acids is 2. The number of nitrogens with one attached hydrogen (secondary N) is 1. The van der Waals surface area contributed by atoms with E-state index >= 15 is 0 Å². The summed E-state index contributed by atoms with van der Waals surface area (Å²) in [6, 6.07) is 10.9. The maximum absolute atomic E-state index is 13.2. The van der Waals surface area contributed by atoms with Crippen molar-refractivity contribution in [1.29, 1.82) is 0 Å². The normalized spacial score (nSPS) is 11.9. The number of carbonyl (C=O) groups is 2. The number of benzene rings is 2. The van der Waals surface area contributed by atoms with Crippen LogP contribution in [0.4, 0.5) is 8.78 Å². The van der Waals surface area contributed by atoms with Crippen LogP contribution in [0.1, 0.15) is 38.3 Å². The molecule has 2 rings (SSSR count). The Bertz CT molecular complexity index is 789. The highest BCUT2D eigenvalue weighted by Crippen LogP contribution is 2.15. The summed E-state index contributed by atoms with van der Waals surface area (Å²) in [5.41, 5.74) is 1.39. The Labute approximate surface area is 164 Å². The summed E-state index contributed by atoms with van der Waals surface area (Å²) in [4.78, 5) is 27.2. The number of amides is 2. The highest BCUT2D eigenvalue weighted by molar-refractivity contribution is 5.88. The van der Waals surface area contributed by atoms with Crippen LogP contribution in [0.5, 0.6) is 0 Å². The van der Waals surface area contributed by atoms with Crippen LogP contribution in [0, 0.1) is 11.6 Å². The van der Waals surface area contributed by atoms with E-state index in [9.17, 15) is 18.4 Å². The Morgan fingerprint density at radius 3 is 1.89 bits per heavy atom. The zero-order valence-electron chi connectivity index (χ0n) is 16.4. The molecule has 1 N–H and O–H groups in total. The van der Waals surface area contributed by atoms with Crippen molar-refractivity contribution in [3.63, 3.8) is 0 Å². The van der Waals surface area contributed by atoms with E-state index in [0.29, 0.717) is 12.0 Å². The van der Waals surface area contributed by atoms with E-state index in [-0.39, 0.29) is 42.5 Å². The van der Waals surface area contributed by atoms with Crippen LogP contribution in [0.25, 0.3) is 0 Å². The van der Waals surface area contributed by atoms with Gasteiger partial charge < -0.3 is 10.2 Å². The van der Waals surface area contributed by atoms with Crippen LogP contribution in [-0.4, -0.2) is 28.8 Å². The van der Waals surface area contributed by atoms with Crippen molar-refractivity contribution in [3.05, 3.63) is 71.3 Å². The van der Waals surface area contributed by atoms with Crippen molar-refractivity contribution in [2.45, 2.75) is 52.2 Å². The first-order valence-corrected chi connectivity index (χ1v) is 9.39. The summed E-state index contributed by atoms with van der Waals surface area (Å²) in [6.45, 7) is 5.74. The van der Waals surface area contributed by atoms with E-state index < -0.39 is 6.04 Å². The molecule has 2 aromatic rings. The monoisotopic (exact) mass is 388 g/mol. The van der Waals surface area contributed by atoms with Crippen LogP contribution in [-0.2, 0) is 22.6 Å². The molecule has 4 nitrogen and oxygen atoms in total. The third-order valence-electron chi connectivity index (χ3n) is 4.35. The zero-order chi connectivity index (χ0) is 20.7. The second kappa shape index (κ2) is 9.97. The number of rotatable bonds is 8. The summed E-state index contributed by atoms with van der Waals surface area (Å²) in [7, 11) is 0. The molecular formula is C22H26F2N2O2. The summed E-state index contributed by atoms with van der Waals surface area (Å²) < 4.78 is 26.4. The maximum Gasteiger partial charge on any atom is 0.243 e. The van der Waals surface area contributed by atoms with Gasteiger partial charge in [0.2, 0.25) is 11.8 Å². The lowest BCUT2D eigenvalue weighted by Crippen LogP contribution is -2.50. The van der Waals surface area contributed by atoms with Crippen molar-refractivity contribution in [1.82, 2.24) is 10.2 Å². The molecule has 0 spiro atoms.